The van der Waals surface area contributed by atoms with Gasteiger partial charge in [0.1, 0.15) is 0 Å². The molecule has 1 aromatic rings. The third-order valence-electron chi connectivity index (χ3n) is 4.37. The Hall–Kier alpha value is -1.31. The average molecular weight is 245 g/mol. The lowest BCUT2D eigenvalue weighted by Gasteiger charge is -2.32. The van der Waals surface area contributed by atoms with E-state index >= 15 is 0 Å². The lowest BCUT2D eigenvalue weighted by molar-refractivity contribution is -0.124. The maximum absolute atomic E-state index is 12.8. The number of likely N-dealkylation sites (N-methyl/N-ethyl adjacent to an activating group) is 1. The maximum Gasteiger partial charge on any atom is 0.237 e. The molecular weight excluding hydrogens is 222 g/mol. The van der Waals surface area contributed by atoms with E-state index in [0.717, 1.165) is 18.5 Å². The zero-order valence-electron chi connectivity index (χ0n) is 12.1. The molecule has 18 heavy (non-hydrogen) atoms. The second-order valence-electron chi connectivity index (χ2n) is 5.71. The monoisotopic (exact) mass is 245 g/mol. The molecule has 1 atom stereocenters. The third-order valence-corrected chi connectivity index (χ3v) is 4.37. The highest BCUT2D eigenvalue weighted by atomic mass is 16.2. The van der Waals surface area contributed by atoms with Gasteiger partial charge in [-0.25, -0.2) is 0 Å². The van der Waals surface area contributed by atoms with Crippen LogP contribution < -0.4 is 4.90 Å². The van der Waals surface area contributed by atoms with Gasteiger partial charge in [-0.3, -0.25) is 4.79 Å². The molecular formula is C16H23NO. The lowest BCUT2D eigenvalue weighted by atomic mass is 9.69. The molecule has 0 aromatic heterocycles. The number of hydrogen-bond acceptors (Lipinski definition) is 1. The third kappa shape index (κ3) is 1.51. The van der Waals surface area contributed by atoms with Crippen molar-refractivity contribution in [3.8, 4) is 0 Å². The van der Waals surface area contributed by atoms with Gasteiger partial charge in [0.05, 0.1) is 11.1 Å². The molecule has 1 aromatic carbocycles. The van der Waals surface area contributed by atoms with Crippen LogP contribution in [0.3, 0.4) is 0 Å². The van der Waals surface area contributed by atoms with Crippen molar-refractivity contribution < 1.29 is 4.79 Å². The Morgan fingerprint density at radius 1 is 1.33 bits per heavy atom. The van der Waals surface area contributed by atoms with Crippen LogP contribution in [0.15, 0.2) is 18.2 Å². The van der Waals surface area contributed by atoms with Crippen LogP contribution in [-0.2, 0) is 10.2 Å². The predicted molar refractivity (Wildman–Crippen MR) is 76.0 cm³/mol. The summed E-state index contributed by atoms with van der Waals surface area (Å²) in [6.07, 6.45) is 1.97. The van der Waals surface area contributed by atoms with Crippen molar-refractivity contribution in [2.45, 2.75) is 46.0 Å². The number of anilines is 1. The molecule has 1 unspecified atom stereocenters. The van der Waals surface area contributed by atoms with E-state index in [-0.39, 0.29) is 11.3 Å². The first kappa shape index (κ1) is 13.1. The molecule has 98 valence electrons. The quantitative estimate of drug-likeness (QED) is 0.795. The van der Waals surface area contributed by atoms with Crippen LogP contribution >= 0.6 is 0 Å². The SMILES string of the molecule is CCCC1(C(C)C)C(=O)N(C)c2c(C)cccc21. The van der Waals surface area contributed by atoms with Crippen molar-refractivity contribution >= 4 is 11.6 Å². The maximum atomic E-state index is 12.8. The van der Waals surface area contributed by atoms with Crippen molar-refractivity contribution in [1.29, 1.82) is 0 Å². The summed E-state index contributed by atoms with van der Waals surface area (Å²) in [5.41, 5.74) is 3.24. The molecule has 0 spiro atoms. The highest BCUT2D eigenvalue weighted by Crippen LogP contribution is 2.49. The summed E-state index contributed by atoms with van der Waals surface area (Å²) in [4.78, 5) is 14.7. The van der Waals surface area contributed by atoms with E-state index in [0.29, 0.717) is 5.92 Å². The van der Waals surface area contributed by atoms with Crippen molar-refractivity contribution in [2.75, 3.05) is 11.9 Å². The zero-order chi connectivity index (χ0) is 13.5. The minimum Gasteiger partial charge on any atom is -0.314 e. The molecule has 2 heteroatoms. The Balaban J connectivity index is 2.70. The molecule has 1 aliphatic rings. The molecule has 1 heterocycles. The topological polar surface area (TPSA) is 20.3 Å². The van der Waals surface area contributed by atoms with Crippen LogP contribution in [0.5, 0.6) is 0 Å². The number of para-hydroxylation sites is 1. The second kappa shape index (κ2) is 4.42. The summed E-state index contributed by atoms with van der Waals surface area (Å²) in [5, 5.41) is 0. The number of carbonyl (C=O) groups is 1. The number of nitrogens with zero attached hydrogens (tertiary/aromatic N) is 1. The summed E-state index contributed by atoms with van der Waals surface area (Å²) in [6, 6.07) is 6.30. The molecule has 0 fully saturated rings. The molecule has 0 saturated heterocycles. The number of rotatable bonds is 3. The summed E-state index contributed by atoms with van der Waals surface area (Å²) in [5.74, 6) is 0.596. The first-order valence-electron chi connectivity index (χ1n) is 6.85. The summed E-state index contributed by atoms with van der Waals surface area (Å²) in [6.45, 7) is 8.58. The van der Waals surface area contributed by atoms with Crippen molar-refractivity contribution in [3.05, 3.63) is 29.3 Å². The molecule has 2 nitrogen and oxygen atoms in total. The summed E-state index contributed by atoms with van der Waals surface area (Å²) < 4.78 is 0. The smallest absolute Gasteiger partial charge is 0.237 e. The molecule has 0 N–H and O–H groups in total. The van der Waals surface area contributed by atoms with E-state index in [1.165, 1.54) is 11.1 Å². The van der Waals surface area contributed by atoms with Gasteiger partial charge in [-0.05, 0) is 30.4 Å². The molecule has 0 saturated carbocycles. The zero-order valence-corrected chi connectivity index (χ0v) is 12.1. The molecule has 0 aliphatic carbocycles. The van der Waals surface area contributed by atoms with E-state index < -0.39 is 0 Å². The number of fused-ring (bicyclic) bond motifs is 1. The fourth-order valence-corrected chi connectivity index (χ4v) is 3.46. The van der Waals surface area contributed by atoms with E-state index in [9.17, 15) is 4.79 Å². The van der Waals surface area contributed by atoms with Gasteiger partial charge < -0.3 is 4.90 Å². The standard InChI is InChI=1S/C16H23NO/c1-6-10-16(11(2)3)13-9-7-8-12(4)14(13)17(5)15(16)18/h7-9,11H,6,10H2,1-5H3. The van der Waals surface area contributed by atoms with Gasteiger partial charge in [0.25, 0.3) is 0 Å². The number of hydrogen-bond donors (Lipinski definition) is 0. The Labute approximate surface area is 110 Å². The first-order valence-corrected chi connectivity index (χ1v) is 6.85. The van der Waals surface area contributed by atoms with E-state index in [2.05, 4.69) is 45.9 Å². The minimum atomic E-state index is -0.315. The van der Waals surface area contributed by atoms with Gasteiger partial charge in [-0.1, -0.05) is 45.4 Å². The van der Waals surface area contributed by atoms with Gasteiger partial charge in [0, 0.05) is 7.05 Å². The minimum absolute atomic E-state index is 0.267. The van der Waals surface area contributed by atoms with Crippen molar-refractivity contribution in [3.63, 3.8) is 0 Å². The van der Waals surface area contributed by atoms with E-state index in [4.69, 9.17) is 0 Å². The fraction of sp³-hybridized carbons (Fsp3) is 0.562. The van der Waals surface area contributed by atoms with Crippen molar-refractivity contribution in [2.24, 2.45) is 5.92 Å². The number of benzene rings is 1. The van der Waals surface area contributed by atoms with Gasteiger partial charge in [0.2, 0.25) is 5.91 Å². The highest BCUT2D eigenvalue weighted by Gasteiger charge is 2.51. The first-order chi connectivity index (χ1) is 8.46. The number of carbonyl (C=O) groups excluding carboxylic acids is 1. The van der Waals surface area contributed by atoms with Gasteiger partial charge in [0.15, 0.2) is 0 Å². The molecule has 0 bridgehead atoms. The van der Waals surface area contributed by atoms with Crippen molar-refractivity contribution in [1.82, 2.24) is 0 Å². The molecule has 2 rings (SSSR count). The van der Waals surface area contributed by atoms with Crippen LogP contribution in [0.4, 0.5) is 5.69 Å². The summed E-state index contributed by atoms with van der Waals surface area (Å²) >= 11 is 0. The van der Waals surface area contributed by atoms with Crippen LogP contribution in [0.2, 0.25) is 0 Å². The van der Waals surface area contributed by atoms with Crippen LogP contribution in [0.1, 0.15) is 44.7 Å². The lowest BCUT2D eigenvalue weighted by Crippen LogP contribution is -2.42. The molecule has 1 aliphatic heterocycles. The molecule has 0 radical (unpaired) electrons. The van der Waals surface area contributed by atoms with Crippen LogP contribution in [0.25, 0.3) is 0 Å². The normalized spacial score (nSPS) is 22.8. The number of amides is 1. The average Bonchev–Trinajstić information content (AvgIpc) is 2.54. The summed E-state index contributed by atoms with van der Waals surface area (Å²) in [7, 11) is 1.91. The van der Waals surface area contributed by atoms with Gasteiger partial charge in [-0.15, -0.1) is 0 Å². The van der Waals surface area contributed by atoms with E-state index in [1.807, 2.05) is 11.9 Å². The fourth-order valence-electron chi connectivity index (χ4n) is 3.46. The Morgan fingerprint density at radius 2 is 2.00 bits per heavy atom. The molecule has 1 amide bonds. The Kier molecular flexibility index (Phi) is 3.22. The van der Waals surface area contributed by atoms with Crippen LogP contribution in [-0.4, -0.2) is 13.0 Å². The Morgan fingerprint density at radius 3 is 2.56 bits per heavy atom. The van der Waals surface area contributed by atoms with Gasteiger partial charge in [-0.2, -0.15) is 0 Å². The largest absolute Gasteiger partial charge is 0.314 e. The van der Waals surface area contributed by atoms with Gasteiger partial charge >= 0.3 is 0 Å². The predicted octanol–water partition coefficient (Wildman–Crippen LogP) is 3.67. The van der Waals surface area contributed by atoms with Crippen LogP contribution in [0, 0.1) is 12.8 Å². The Bertz CT molecular complexity index is 478. The highest BCUT2D eigenvalue weighted by molar-refractivity contribution is 6.08. The second-order valence-corrected chi connectivity index (χ2v) is 5.71. The van der Waals surface area contributed by atoms with E-state index in [1.54, 1.807) is 0 Å². The number of aryl methyl sites for hydroxylation is 1.